The van der Waals surface area contributed by atoms with Gasteiger partial charge in [0.05, 0.1) is 16.5 Å². The molecular weight excluding hydrogens is 276 g/mol. The molecule has 1 fully saturated rings. The van der Waals surface area contributed by atoms with Gasteiger partial charge in [0.25, 0.3) is 0 Å². The number of fused-ring (bicyclic) bond motifs is 1. The summed E-state index contributed by atoms with van der Waals surface area (Å²) >= 11 is 1.54. The number of hydrogen-bond donors (Lipinski definition) is 1. The smallest absolute Gasteiger partial charge is 0.357 e. The summed E-state index contributed by atoms with van der Waals surface area (Å²) in [6.07, 6.45) is 1.04. The zero-order chi connectivity index (χ0) is 14.1. The number of carbonyl (C=O) groups is 1. The molecule has 1 saturated heterocycles. The highest BCUT2D eigenvalue weighted by atomic mass is 32.2. The van der Waals surface area contributed by atoms with Gasteiger partial charge < -0.3 is 9.84 Å². The predicted octanol–water partition coefficient (Wildman–Crippen LogP) is 2.60. The minimum atomic E-state index is -1.04. The van der Waals surface area contributed by atoms with Gasteiger partial charge in [-0.25, -0.2) is 4.79 Å². The maximum Gasteiger partial charge on any atom is 0.357 e. The summed E-state index contributed by atoms with van der Waals surface area (Å²) in [6.45, 7) is 2.74. The standard InChI is InChI=1S/C14H14N2O3S/c1-8-11(6-7-19-8)20-13-9-4-2-3-5-10(9)15-16-12(13)14(17)18/h2-5,8,11H,6-7H2,1H3,(H,17,18). The number of aromatic carboxylic acids is 1. The first kappa shape index (κ1) is 13.3. The summed E-state index contributed by atoms with van der Waals surface area (Å²) in [5.74, 6) is -1.04. The van der Waals surface area contributed by atoms with Crippen LogP contribution in [0.4, 0.5) is 0 Å². The zero-order valence-electron chi connectivity index (χ0n) is 10.9. The van der Waals surface area contributed by atoms with Gasteiger partial charge in [-0.15, -0.1) is 22.0 Å². The molecule has 0 bridgehead atoms. The van der Waals surface area contributed by atoms with Crippen LogP contribution in [0, 0.1) is 0 Å². The number of benzene rings is 1. The molecule has 5 nitrogen and oxygen atoms in total. The number of nitrogens with zero attached hydrogens (tertiary/aromatic N) is 2. The molecule has 2 heterocycles. The second-order valence-electron chi connectivity index (χ2n) is 4.72. The lowest BCUT2D eigenvalue weighted by Crippen LogP contribution is -2.15. The van der Waals surface area contributed by atoms with E-state index >= 15 is 0 Å². The fraction of sp³-hybridized carbons (Fsp3) is 0.357. The molecule has 104 valence electrons. The number of thioether (sulfide) groups is 1. The molecule has 0 amide bonds. The minimum Gasteiger partial charge on any atom is -0.476 e. The van der Waals surface area contributed by atoms with Gasteiger partial charge in [-0.1, -0.05) is 18.2 Å². The molecule has 1 N–H and O–H groups in total. The first-order valence-corrected chi connectivity index (χ1v) is 7.32. The second kappa shape index (κ2) is 5.38. The Morgan fingerprint density at radius 1 is 1.40 bits per heavy atom. The Bertz CT molecular complexity index is 662. The summed E-state index contributed by atoms with van der Waals surface area (Å²) in [5.41, 5.74) is 0.736. The van der Waals surface area contributed by atoms with E-state index in [1.165, 1.54) is 11.8 Å². The summed E-state index contributed by atoms with van der Waals surface area (Å²) in [7, 11) is 0. The third-order valence-corrected chi connectivity index (χ3v) is 4.97. The molecule has 0 aliphatic carbocycles. The average Bonchev–Trinajstić information content (AvgIpc) is 2.84. The van der Waals surface area contributed by atoms with Gasteiger partial charge in [0, 0.05) is 17.2 Å². The highest BCUT2D eigenvalue weighted by Crippen LogP contribution is 2.37. The maximum absolute atomic E-state index is 11.4. The van der Waals surface area contributed by atoms with Crippen LogP contribution in [0.1, 0.15) is 23.8 Å². The van der Waals surface area contributed by atoms with E-state index in [9.17, 15) is 9.90 Å². The van der Waals surface area contributed by atoms with E-state index in [0.717, 1.165) is 18.4 Å². The molecule has 0 radical (unpaired) electrons. The van der Waals surface area contributed by atoms with Crippen molar-refractivity contribution in [2.75, 3.05) is 6.61 Å². The van der Waals surface area contributed by atoms with E-state index in [2.05, 4.69) is 10.2 Å². The molecule has 1 aliphatic rings. The predicted molar refractivity (Wildman–Crippen MR) is 76.2 cm³/mol. The third kappa shape index (κ3) is 2.36. The number of hydrogen-bond acceptors (Lipinski definition) is 5. The molecule has 6 heteroatoms. The monoisotopic (exact) mass is 290 g/mol. The van der Waals surface area contributed by atoms with Crippen molar-refractivity contribution >= 4 is 28.6 Å². The van der Waals surface area contributed by atoms with Gasteiger partial charge in [0.2, 0.25) is 0 Å². The summed E-state index contributed by atoms with van der Waals surface area (Å²) in [5, 5.41) is 18.2. The van der Waals surface area contributed by atoms with Crippen molar-refractivity contribution in [2.45, 2.75) is 29.6 Å². The largest absolute Gasteiger partial charge is 0.476 e. The van der Waals surface area contributed by atoms with Crippen LogP contribution in [0.25, 0.3) is 10.9 Å². The van der Waals surface area contributed by atoms with Crippen LogP contribution in [-0.2, 0) is 4.74 Å². The van der Waals surface area contributed by atoms with Crippen LogP contribution < -0.4 is 0 Å². The minimum absolute atomic E-state index is 0.0211. The fourth-order valence-corrected chi connectivity index (χ4v) is 3.63. The topological polar surface area (TPSA) is 72.3 Å². The quantitative estimate of drug-likeness (QED) is 0.936. The molecule has 20 heavy (non-hydrogen) atoms. The van der Waals surface area contributed by atoms with E-state index in [0.29, 0.717) is 10.4 Å². The molecule has 1 aromatic carbocycles. The Morgan fingerprint density at radius 3 is 2.90 bits per heavy atom. The van der Waals surface area contributed by atoms with Gasteiger partial charge in [0.15, 0.2) is 5.69 Å². The van der Waals surface area contributed by atoms with Crippen LogP contribution in [0.2, 0.25) is 0 Å². The summed E-state index contributed by atoms with van der Waals surface area (Å²) in [6, 6.07) is 7.48. The van der Waals surface area contributed by atoms with Crippen LogP contribution in [0.3, 0.4) is 0 Å². The van der Waals surface area contributed by atoms with Gasteiger partial charge in [0.1, 0.15) is 0 Å². The van der Waals surface area contributed by atoms with Crippen molar-refractivity contribution in [3.63, 3.8) is 0 Å². The molecule has 0 saturated carbocycles. The van der Waals surface area contributed by atoms with E-state index < -0.39 is 5.97 Å². The molecular formula is C14H14N2O3S. The summed E-state index contributed by atoms with van der Waals surface area (Å²) in [4.78, 5) is 12.1. The Labute approximate surface area is 120 Å². The van der Waals surface area contributed by atoms with E-state index in [1.807, 2.05) is 31.2 Å². The molecule has 0 spiro atoms. The Morgan fingerprint density at radius 2 is 2.20 bits per heavy atom. The van der Waals surface area contributed by atoms with Crippen molar-refractivity contribution in [1.82, 2.24) is 10.2 Å². The third-order valence-electron chi connectivity index (χ3n) is 3.40. The zero-order valence-corrected chi connectivity index (χ0v) is 11.8. The van der Waals surface area contributed by atoms with Crippen molar-refractivity contribution < 1.29 is 14.6 Å². The summed E-state index contributed by atoms with van der Waals surface area (Å²) < 4.78 is 5.55. The highest BCUT2D eigenvalue weighted by Gasteiger charge is 2.28. The Balaban J connectivity index is 2.09. The van der Waals surface area contributed by atoms with Crippen LogP contribution >= 0.6 is 11.8 Å². The highest BCUT2D eigenvalue weighted by molar-refractivity contribution is 8.00. The van der Waals surface area contributed by atoms with Crippen molar-refractivity contribution in [3.8, 4) is 0 Å². The average molecular weight is 290 g/mol. The lowest BCUT2D eigenvalue weighted by molar-refractivity contribution is 0.0685. The first-order valence-electron chi connectivity index (χ1n) is 6.44. The fourth-order valence-electron chi connectivity index (χ4n) is 2.31. The Hall–Kier alpha value is -1.66. The van der Waals surface area contributed by atoms with Gasteiger partial charge in [-0.05, 0) is 19.4 Å². The normalized spacial score (nSPS) is 22.2. The lowest BCUT2D eigenvalue weighted by Gasteiger charge is -2.15. The number of carboxylic acids is 1. The number of rotatable bonds is 3. The van der Waals surface area contributed by atoms with Crippen molar-refractivity contribution in [2.24, 2.45) is 0 Å². The first-order chi connectivity index (χ1) is 9.66. The van der Waals surface area contributed by atoms with Gasteiger partial charge >= 0.3 is 5.97 Å². The van der Waals surface area contributed by atoms with Gasteiger partial charge in [-0.2, -0.15) is 0 Å². The van der Waals surface area contributed by atoms with Crippen LogP contribution in [-0.4, -0.2) is 39.2 Å². The van der Waals surface area contributed by atoms with Crippen molar-refractivity contribution in [3.05, 3.63) is 30.0 Å². The number of aromatic nitrogens is 2. The van der Waals surface area contributed by atoms with Crippen LogP contribution in [0.15, 0.2) is 29.2 Å². The van der Waals surface area contributed by atoms with E-state index in [-0.39, 0.29) is 17.0 Å². The number of carboxylic acid groups (broad SMARTS) is 1. The van der Waals surface area contributed by atoms with E-state index in [1.54, 1.807) is 0 Å². The Kier molecular flexibility index (Phi) is 3.58. The molecule has 1 aromatic heterocycles. The molecule has 2 atom stereocenters. The van der Waals surface area contributed by atoms with Gasteiger partial charge in [-0.3, -0.25) is 0 Å². The lowest BCUT2D eigenvalue weighted by atomic mass is 10.2. The maximum atomic E-state index is 11.4. The molecule has 3 rings (SSSR count). The second-order valence-corrected chi connectivity index (χ2v) is 5.97. The van der Waals surface area contributed by atoms with E-state index in [4.69, 9.17) is 4.74 Å². The molecule has 2 unspecified atom stereocenters. The molecule has 1 aliphatic heterocycles. The molecule has 2 aromatic rings. The SMILES string of the molecule is CC1OCCC1Sc1c(C(=O)O)nnc2ccccc12. The van der Waals surface area contributed by atoms with Crippen LogP contribution in [0.5, 0.6) is 0 Å². The van der Waals surface area contributed by atoms with Crippen molar-refractivity contribution in [1.29, 1.82) is 0 Å². The number of ether oxygens (including phenoxy) is 1.